The van der Waals surface area contributed by atoms with Crippen molar-refractivity contribution in [3.8, 4) is 11.5 Å². The van der Waals surface area contributed by atoms with Crippen molar-refractivity contribution >= 4 is 0 Å². The summed E-state index contributed by atoms with van der Waals surface area (Å²) in [7, 11) is 1.62. The van der Waals surface area contributed by atoms with Crippen LogP contribution in [0.2, 0.25) is 0 Å². The van der Waals surface area contributed by atoms with Crippen LogP contribution in [0, 0.1) is 0 Å². The Balaban J connectivity index is 1.89. The van der Waals surface area contributed by atoms with E-state index in [9.17, 15) is 13.2 Å². The Morgan fingerprint density at radius 1 is 1.30 bits per heavy atom. The number of nitrogens with two attached hydrogens (primary N) is 1. The molecule has 2 N–H and O–H groups in total. The summed E-state index contributed by atoms with van der Waals surface area (Å²) in [5.41, 5.74) is 6.82. The van der Waals surface area contributed by atoms with Crippen LogP contribution < -0.4 is 15.2 Å². The fourth-order valence-corrected chi connectivity index (χ4v) is 1.99. The summed E-state index contributed by atoms with van der Waals surface area (Å²) in [5.74, 6) is 1.28. The van der Waals surface area contributed by atoms with Gasteiger partial charge in [-0.15, -0.1) is 0 Å². The molecule has 0 aromatic heterocycles. The van der Waals surface area contributed by atoms with Crippen molar-refractivity contribution < 1.29 is 22.6 Å². The highest BCUT2D eigenvalue weighted by atomic mass is 19.4. The molecule has 0 amide bonds. The summed E-state index contributed by atoms with van der Waals surface area (Å²) >= 11 is 0. The smallest absolute Gasteiger partial charge is 0.390 e. The van der Waals surface area contributed by atoms with Crippen molar-refractivity contribution in [3.05, 3.63) is 23.8 Å². The van der Waals surface area contributed by atoms with Crippen LogP contribution in [0.1, 0.15) is 18.0 Å². The van der Waals surface area contributed by atoms with Gasteiger partial charge in [-0.25, -0.2) is 0 Å². The molecule has 1 aliphatic rings. The Morgan fingerprint density at radius 3 is 2.70 bits per heavy atom. The lowest BCUT2D eigenvalue weighted by molar-refractivity contribution is -0.137. The molecule has 0 aliphatic carbocycles. The molecule has 1 heterocycles. The van der Waals surface area contributed by atoms with Gasteiger partial charge >= 0.3 is 6.18 Å². The number of rotatable bonds is 5. The summed E-state index contributed by atoms with van der Waals surface area (Å²) in [6, 6.07) is 4.95. The first kappa shape index (κ1) is 14.9. The Kier molecular flexibility index (Phi) is 4.39. The van der Waals surface area contributed by atoms with Gasteiger partial charge in [0.15, 0.2) is 11.5 Å². The van der Waals surface area contributed by atoms with Crippen LogP contribution in [0.25, 0.3) is 0 Å². The number of hydrogen-bond acceptors (Lipinski definition) is 4. The molecule has 0 fully saturated rings. The maximum atomic E-state index is 12.1. The Morgan fingerprint density at radius 2 is 2.00 bits per heavy atom. The Hall–Kier alpha value is -1.47. The van der Waals surface area contributed by atoms with Crippen molar-refractivity contribution in [1.82, 2.24) is 4.90 Å². The number of ether oxygens (including phenoxy) is 2. The van der Waals surface area contributed by atoms with Crippen molar-refractivity contribution in [3.63, 3.8) is 0 Å². The molecule has 0 saturated carbocycles. The topological polar surface area (TPSA) is 47.7 Å². The molecule has 1 unspecified atom stereocenters. The summed E-state index contributed by atoms with van der Waals surface area (Å²) in [6.07, 6.45) is -4.98. The number of likely N-dealkylation sites (N-methyl/N-ethyl adjacent to an activating group) is 1. The Bertz CT molecular complexity index is 465. The second kappa shape index (κ2) is 5.88. The van der Waals surface area contributed by atoms with Crippen LogP contribution >= 0.6 is 0 Å². The van der Waals surface area contributed by atoms with Gasteiger partial charge in [-0.3, -0.25) is 0 Å². The van der Waals surface area contributed by atoms with E-state index in [1.54, 1.807) is 30.1 Å². The summed E-state index contributed by atoms with van der Waals surface area (Å²) < 4.78 is 46.9. The van der Waals surface area contributed by atoms with E-state index in [1.165, 1.54) is 0 Å². The van der Waals surface area contributed by atoms with Crippen LogP contribution in [0.3, 0.4) is 0 Å². The van der Waals surface area contributed by atoms with Gasteiger partial charge < -0.3 is 20.1 Å². The minimum atomic E-state index is -4.14. The molecule has 20 heavy (non-hydrogen) atoms. The molecule has 112 valence electrons. The highest BCUT2D eigenvalue weighted by molar-refractivity contribution is 5.45. The minimum absolute atomic E-state index is 0.0677. The third-order valence-electron chi connectivity index (χ3n) is 3.11. The van der Waals surface area contributed by atoms with E-state index in [4.69, 9.17) is 15.2 Å². The summed E-state index contributed by atoms with van der Waals surface area (Å²) in [5, 5.41) is 0. The number of nitrogens with zero attached hydrogens (tertiary/aromatic N) is 1. The maximum absolute atomic E-state index is 12.1. The molecule has 7 heteroatoms. The van der Waals surface area contributed by atoms with Gasteiger partial charge in [-0.05, 0) is 24.7 Å². The quantitative estimate of drug-likeness (QED) is 0.904. The van der Waals surface area contributed by atoms with Crippen molar-refractivity contribution in [1.29, 1.82) is 0 Å². The van der Waals surface area contributed by atoms with Gasteiger partial charge in [0, 0.05) is 19.1 Å². The lowest BCUT2D eigenvalue weighted by Gasteiger charge is -2.22. The van der Waals surface area contributed by atoms with Crippen LogP contribution in [-0.4, -0.2) is 38.0 Å². The highest BCUT2D eigenvalue weighted by Gasteiger charge is 2.27. The number of alkyl halides is 3. The van der Waals surface area contributed by atoms with E-state index in [0.717, 1.165) is 5.56 Å². The van der Waals surface area contributed by atoms with Gasteiger partial charge in [-0.2, -0.15) is 13.2 Å². The second-order valence-corrected chi connectivity index (χ2v) is 4.85. The first-order valence-corrected chi connectivity index (χ1v) is 6.25. The normalized spacial score (nSPS) is 15.7. The van der Waals surface area contributed by atoms with Gasteiger partial charge in [0.2, 0.25) is 6.79 Å². The standard InChI is InChI=1S/C13H17F3N2O2/c1-18(5-4-13(14,15)16)7-10(17)9-2-3-11-12(6-9)20-8-19-11/h2-3,6,10H,4-5,7-8,17H2,1H3. The molecule has 1 aromatic rings. The van der Waals surface area contributed by atoms with Gasteiger partial charge in [0.25, 0.3) is 0 Å². The predicted molar refractivity (Wildman–Crippen MR) is 67.7 cm³/mol. The SMILES string of the molecule is CN(CCC(F)(F)F)CC(N)c1ccc2c(c1)OCO2. The van der Waals surface area contributed by atoms with E-state index in [0.29, 0.717) is 18.0 Å². The fourth-order valence-electron chi connectivity index (χ4n) is 1.99. The number of benzene rings is 1. The zero-order chi connectivity index (χ0) is 14.8. The molecule has 1 aromatic carbocycles. The minimum Gasteiger partial charge on any atom is -0.454 e. The maximum Gasteiger partial charge on any atom is 0.390 e. The second-order valence-electron chi connectivity index (χ2n) is 4.85. The van der Waals surface area contributed by atoms with Crippen LogP contribution in [0.4, 0.5) is 13.2 Å². The largest absolute Gasteiger partial charge is 0.454 e. The molecule has 0 bridgehead atoms. The van der Waals surface area contributed by atoms with E-state index in [2.05, 4.69) is 0 Å². The van der Waals surface area contributed by atoms with Crippen LogP contribution in [0.5, 0.6) is 11.5 Å². The summed E-state index contributed by atoms with van der Waals surface area (Å²) in [6.45, 7) is 0.455. The number of halogens is 3. The molecule has 0 spiro atoms. The zero-order valence-electron chi connectivity index (χ0n) is 11.1. The average Bonchev–Trinajstić information content (AvgIpc) is 2.82. The monoisotopic (exact) mass is 290 g/mol. The molecule has 2 rings (SSSR count). The first-order valence-electron chi connectivity index (χ1n) is 6.25. The van der Waals surface area contributed by atoms with Crippen molar-refractivity contribution in [2.75, 3.05) is 26.9 Å². The van der Waals surface area contributed by atoms with E-state index >= 15 is 0 Å². The average molecular weight is 290 g/mol. The Labute approximate surface area is 115 Å². The summed E-state index contributed by atoms with van der Waals surface area (Å²) in [4.78, 5) is 1.57. The lowest BCUT2D eigenvalue weighted by Crippen LogP contribution is -2.31. The lowest BCUT2D eigenvalue weighted by atomic mass is 10.1. The molecule has 1 atom stereocenters. The van der Waals surface area contributed by atoms with E-state index in [1.807, 2.05) is 0 Å². The van der Waals surface area contributed by atoms with Crippen molar-refractivity contribution in [2.24, 2.45) is 5.73 Å². The van der Waals surface area contributed by atoms with Crippen LogP contribution in [0.15, 0.2) is 18.2 Å². The van der Waals surface area contributed by atoms with Gasteiger partial charge in [-0.1, -0.05) is 6.07 Å². The molecule has 0 radical (unpaired) electrons. The highest BCUT2D eigenvalue weighted by Crippen LogP contribution is 2.33. The van der Waals surface area contributed by atoms with Crippen molar-refractivity contribution in [2.45, 2.75) is 18.6 Å². The van der Waals surface area contributed by atoms with Crippen LogP contribution in [-0.2, 0) is 0 Å². The fraction of sp³-hybridized carbons (Fsp3) is 0.538. The number of fused-ring (bicyclic) bond motifs is 1. The number of hydrogen-bond donors (Lipinski definition) is 1. The third-order valence-corrected chi connectivity index (χ3v) is 3.11. The van der Waals surface area contributed by atoms with Gasteiger partial charge in [0.1, 0.15) is 0 Å². The predicted octanol–water partition coefficient (Wildman–Crippen LogP) is 2.30. The zero-order valence-corrected chi connectivity index (χ0v) is 11.1. The molecular weight excluding hydrogens is 273 g/mol. The molecular formula is C13H17F3N2O2. The van der Waals surface area contributed by atoms with Gasteiger partial charge in [0.05, 0.1) is 6.42 Å². The first-order chi connectivity index (χ1) is 9.35. The molecule has 4 nitrogen and oxygen atoms in total. The molecule has 1 aliphatic heterocycles. The molecule has 0 saturated heterocycles. The van der Waals surface area contributed by atoms with E-state index in [-0.39, 0.29) is 19.4 Å². The third kappa shape index (κ3) is 4.01. The van der Waals surface area contributed by atoms with E-state index < -0.39 is 12.6 Å².